The second-order valence-electron chi connectivity index (χ2n) is 3.92. The average molecular weight is 262 g/mol. The van der Waals surface area contributed by atoms with Crippen molar-refractivity contribution in [3.8, 4) is 0 Å². The van der Waals surface area contributed by atoms with Crippen molar-refractivity contribution in [1.29, 1.82) is 0 Å². The predicted molar refractivity (Wildman–Crippen MR) is 73.2 cm³/mol. The fraction of sp³-hybridized carbons (Fsp3) is 0.0769. The molecule has 0 bridgehead atoms. The predicted octanol–water partition coefficient (Wildman–Crippen LogP) is 2.53. The summed E-state index contributed by atoms with van der Waals surface area (Å²) < 4.78 is 22.8. The summed E-state index contributed by atoms with van der Waals surface area (Å²) in [6.45, 7) is 0. The standard InChI is InChI=1S/C13H14N2O2S/c1-18(16,17)13-9-5-8-12(10-13)15-14-11-6-3-2-4-7-11/h2-10,14-15H,1H3. The molecular weight excluding hydrogens is 248 g/mol. The highest BCUT2D eigenvalue weighted by molar-refractivity contribution is 7.90. The smallest absolute Gasteiger partial charge is 0.175 e. The largest absolute Gasteiger partial charge is 0.301 e. The number of benzene rings is 2. The molecule has 2 aromatic rings. The lowest BCUT2D eigenvalue weighted by molar-refractivity contribution is 0.602. The molecule has 94 valence electrons. The third kappa shape index (κ3) is 3.24. The van der Waals surface area contributed by atoms with Gasteiger partial charge in [0.1, 0.15) is 0 Å². The van der Waals surface area contributed by atoms with E-state index in [2.05, 4.69) is 10.9 Å². The van der Waals surface area contributed by atoms with Crippen LogP contribution in [0.3, 0.4) is 0 Å². The van der Waals surface area contributed by atoms with Crippen molar-refractivity contribution in [3.05, 3.63) is 54.6 Å². The first kappa shape index (κ1) is 12.4. The minimum atomic E-state index is -3.18. The van der Waals surface area contributed by atoms with Gasteiger partial charge in [-0.05, 0) is 30.3 Å². The third-order valence-corrected chi connectivity index (χ3v) is 3.50. The van der Waals surface area contributed by atoms with Crippen molar-refractivity contribution in [2.45, 2.75) is 4.90 Å². The van der Waals surface area contributed by atoms with Crippen LogP contribution in [0.1, 0.15) is 0 Å². The van der Waals surface area contributed by atoms with Crippen LogP contribution in [0.5, 0.6) is 0 Å². The van der Waals surface area contributed by atoms with Gasteiger partial charge >= 0.3 is 0 Å². The van der Waals surface area contributed by atoms with Crippen molar-refractivity contribution in [1.82, 2.24) is 0 Å². The number of nitrogens with one attached hydrogen (secondary N) is 2. The molecule has 0 unspecified atom stereocenters. The summed E-state index contributed by atoms with van der Waals surface area (Å²) in [5.41, 5.74) is 7.55. The molecule has 0 radical (unpaired) electrons. The Balaban J connectivity index is 2.11. The molecule has 0 fully saturated rings. The summed E-state index contributed by atoms with van der Waals surface area (Å²) >= 11 is 0. The van der Waals surface area contributed by atoms with Gasteiger partial charge in [-0.2, -0.15) is 0 Å². The Bertz CT molecular complexity index is 624. The van der Waals surface area contributed by atoms with Crippen LogP contribution in [-0.4, -0.2) is 14.7 Å². The highest BCUT2D eigenvalue weighted by atomic mass is 32.2. The first-order valence-electron chi connectivity index (χ1n) is 5.43. The molecule has 2 aromatic carbocycles. The van der Waals surface area contributed by atoms with Gasteiger partial charge in [-0.25, -0.2) is 8.42 Å². The Hall–Kier alpha value is -2.01. The summed E-state index contributed by atoms with van der Waals surface area (Å²) in [6.07, 6.45) is 1.19. The van der Waals surface area contributed by atoms with E-state index in [0.717, 1.165) is 5.69 Å². The van der Waals surface area contributed by atoms with E-state index in [1.165, 1.54) is 6.26 Å². The topological polar surface area (TPSA) is 58.2 Å². The van der Waals surface area contributed by atoms with Crippen LogP contribution in [0, 0.1) is 0 Å². The number of rotatable bonds is 4. The second-order valence-corrected chi connectivity index (χ2v) is 5.93. The molecule has 0 aliphatic rings. The van der Waals surface area contributed by atoms with Gasteiger partial charge in [0.15, 0.2) is 9.84 Å². The maximum Gasteiger partial charge on any atom is 0.175 e. The first-order chi connectivity index (χ1) is 8.55. The van der Waals surface area contributed by atoms with Gasteiger partial charge < -0.3 is 10.9 Å². The Kier molecular flexibility index (Phi) is 3.53. The molecule has 0 saturated heterocycles. The zero-order valence-corrected chi connectivity index (χ0v) is 10.7. The van der Waals surface area contributed by atoms with E-state index in [9.17, 15) is 8.42 Å². The number of hydrazine groups is 1. The summed E-state index contributed by atoms with van der Waals surface area (Å²) in [5, 5.41) is 0. The van der Waals surface area contributed by atoms with E-state index >= 15 is 0 Å². The molecule has 4 nitrogen and oxygen atoms in total. The van der Waals surface area contributed by atoms with Gasteiger partial charge in [-0.15, -0.1) is 0 Å². The number of hydrogen-bond donors (Lipinski definition) is 2. The zero-order valence-electron chi connectivity index (χ0n) is 9.92. The summed E-state index contributed by atoms with van der Waals surface area (Å²) in [6, 6.07) is 16.2. The molecular formula is C13H14N2O2S. The third-order valence-electron chi connectivity index (χ3n) is 2.39. The molecule has 0 atom stereocenters. The molecule has 0 aliphatic heterocycles. The molecule has 0 spiro atoms. The van der Waals surface area contributed by atoms with E-state index in [1.54, 1.807) is 24.3 Å². The maximum absolute atomic E-state index is 11.4. The molecule has 0 heterocycles. The fourth-order valence-electron chi connectivity index (χ4n) is 1.47. The zero-order chi connectivity index (χ0) is 13.0. The summed E-state index contributed by atoms with van der Waals surface area (Å²) in [7, 11) is -3.18. The Morgan fingerprint density at radius 1 is 0.833 bits per heavy atom. The maximum atomic E-state index is 11.4. The van der Waals surface area contributed by atoms with Crippen molar-refractivity contribution in [2.24, 2.45) is 0 Å². The van der Waals surface area contributed by atoms with Crippen LogP contribution in [0.2, 0.25) is 0 Å². The van der Waals surface area contributed by atoms with E-state index in [-0.39, 0.29) is 0 Å². The van der Waals surface area contributed by atoms with Gasteiger partial charge in [-0.3, -0.25) is 0 Å². The van der Waals surface area contributed by atoms with Crippen molar-refractivity contribution < 1.29 is 8.42 Å². The van der Waals surface area contributed by atoms with E-state index in [4.69, 9.17) is 0 Å². The fourth-order valence-corrected chi connectivity index (χ4v) is 2.14. The molecule has 2 rings (SSSR count). The van der Waals surface area contributed by atoms with E-state index in [1.807, 2.05) is 30.3 Å². The van der Waals surface area contributed by atoms with Crippen LogP contribution >= 0.6 is 0 Å². The Morgan fingerprint density at radius 2 is 1.44 bits per heavy atom. The lowest BCUT2D eigenvalue weighted by Crippen LogP contribution is -2.09. The quantitative estimate of drug-likeness (QED) is 0.831. The van der Waals surface area contributed by atoms with Gasteiger partial charge in [-0.1, -0.05) is 24.3 Å². The Labute approximate surface area is 107 Å². The molecule has 5 heteroatoms. The second kappa shape index (κ2) is 5.10. The molecule has 2 N–H and O–H groups in total. The van der Waals surface area contributed by atoms with E-state index in [0.29, 0.717) is 10.6 Å². The van der Waals surface area contributed by atoms with Gasteiger partial charge in [0.2, 0.25) is 0 Å². The van der Waals surface area contributed by atoms with Crippen molar-refractivity contribution in [2.75, 3.05) is 17.1 Å². The minimum absolute atomic E-state index is 0.294. The molecule has 0 aliphatic carbocycles. The van der Waals surface area contributed by atoms with Crippen molar-refractivity contribution in [3.63, 3.8) is 0 Å². The first-order valence-corrected chi connectivity index (χ1v) is 7.32. The van der Waals surface area contributed by atoms with Gasteiger partial charge in [0.05, 0.1) is 16.3 Å². The molecule has 0 amide bonds. The van der Waals surface area contributed by atoms with Crippen LogP contribution in [0.4, 0.5) is 11.4 Å². The molecule has 0 aromatic heterocycles. The van der Waals surface area contributed by atoms with Crippen LogP contribution in [-0.2, 0) is 9.84 Å². The highest BCUT2D eigenvalue weighted by Gasteiger charge is 2.06. The Morgan fingerprint density at radius 3 is 2.11 bits per heavy atom. The number of sulfone groups is 1. The number of hydrogen-bond acceptors (Lipinski definition) is 4. The van der Waals surface area contributed by atoms with Crippen LogP contribution in [0.25, 0.3) is 0 Å². The monoisotopic (exact) mass is 262 g/mol. The SMILES string of the molecule is CS(=O)(=O)c1cccc(NNc2ccccc2)c1. The molecule has 0 saturated carbocycles. The lowest BCUT2D eigenvalue weighted by atomic mass is 10.3. The van der Waals surface area contributed by atoms with Gasteiger partial charge in [0.25, 0.3) is 0 Å². The lowest BCUT2D eigenvalue weighted by Gasteiger charge is -2.10. The minimum Gasteiger partial charge on any atom is -0.301 e. The van der Waals surface area contributed by atoms with Gasteiger partial charge in [0, 0.05) is 6.26 Å². The summed E-state index contributed by atoms with van der Waals surface area (Å²) in [4.78, 5) is 0.294. The number of anilines is 2. The normalized spacial score (nSPS) is 10.9. The van der Waals surface area contributed by atoms with Crippen LogP contribution in [0.15, 0.2) is 59.5 Å². The number of para-hydroxylation sites is 1. The van der Waals surface area contributed by atoms with Crippen LogP contribution < -0.4 is 10.9 Å². The highest BCUT2D eigenvalue weighted by Crippen LogP contribution is 2.15. The summed E-state index contributed by atoms with van der Waals surface area (Å²) in [5.74, 6) is 0. The van der Waals surface area contributed by atoms with Crippen molar-refractivity contribution >= 4 is 21.2 Å². The average Bonchev–Trinajstić information content (AvgIpc) is 2.37. The molecule has 18 heavy (non-hydrogen) atoms. The van der Waals surface area contributed by atoms with E-state index < -0.39 is 9.84 Å².